The molecule has 1 saturated heterocycles. The zero-order valence-corrected chi connectivity index (χ0v) is 20.4. The van der Waals surface area contributed by atoms with Crippen molar-refractivity contribution in [2.24, 2.45) is 0 Å². The van der Waals surface area contributed by atoms with Crippen molar-refractivity contribution in [2.75, 3.05) is 25.1 Å². The molecule has 0 aliphatic carbocycles. The number of nitrogens with zero attached hydrogens (tertiary/aromatic N) is 1. The fourth-order valence-corrected chi connectivity index (χ4v) is 4.51. The topological polar surface area (TPSA) is 84.9 Å². The first-order valence-corrected chi connectivity index (χ1v) is 11.6. The van der Waals surface area contributed by atoms with Crippen molar-refractivity contribution >= 4 is 52.2 Å². The van der Waals surface area contributed by atoms with Crippen LogP contribution in [0.25, 0.3) is 6.08 Å². The van der Waals surface area contributed by atoms with E-state index in [9.17, 15) is 14.4 Å². The average molecular weight is 489 g/mol. The summed E-state index contributed by atoms with van der Waals surface area (Å²) in [6, 6.07) is 8.96. The SMILES string of the molecule is CCOc1cc(/C=C2/SC(=O)N(CC(=O)Nc3cc(C)cc(C)c3)C2=O)cc(Cl)c1OCC. The molecule has 3 rings (SSSR count). The van der Waals surface area contributed by atoms with Gasteiger partial charge in [0.05, 0.1) is 23.1 Å². The maximum atomic E-state index is 12.8. The lowest BCUT2D eigenvalue weighted by Gasteiger charge is -2.14. The second-order valence-electron chi connectivity index (χ2n) is 7.39. The first-order chi connectivity index (χ1) is 15.7. The molecule has 0 saturated carbocycles. The first kappa shape index (κ1) is 24.7. The highest BCUT2D eigenvalue weighted by atomic mass is 35.5. The van der Waals surface area contributed by atoms with Crippen molar-refractivity contribution in [1.82, 2.24) is 4.90 Å². The van der Waals surface area contributed by atoms with E-state index in [0.29, 0.717) is 41.0 Å². The number of halogens is 1. The lowest BCUT2D eigenvalue weighted by Crippen LogP contribution is -2.36. The summed E-state index contributed by atoms with van der Waals surface area (Å²) in [6.45, 7) is 7.98. The quantitative estimate of drug-likeness (QED) is 0.499. The average Bonchev–Trinajstić information content (AvgIpc) is 2.97. The lowest BCUT2D eigenvalue weighted by atomic mass is 10.1. The van der Waals surface area contributed by atoms with Crippen LogP contribution in [0, 0.1) is 13.8 Å². The molecular formula is C24H25ClN2O5S. The van der Waals surface area contributed by atoms with E-state index < -0.39 is 17.1 Å². The van der Waals surface area contributed by atoms with Crippen molar-refractivity contribution in [1.29, 1.82) is 0 Å². The zero-order chi connectivity index (χ0) is 24.1. The summed E-state index contributed by atoms with van der Waals surface area (Å²) in [5.74, 6) is -0.116. The molecule has 1 aliphatic rings. The molecule has 1 fully saturated rings. The molecule has 0 radical (unpaired) electrons. The van der Waals surface area contributed by atoms with Gasteiger partial charge in [0, 0.05) is 5.69 Å². The minimum Gasteiger partial charge on any atom is -0.490 e. The number of imide groups is 1. The van der Waals surface area contributed by atoms with Crippen LogP contribution in [0.5, 0.6) is 11.5 Å². The molecule has 3 amide bonds. The van der Waals surface area contributed by atoms with Crippen LogP contribution in [0.1, 0.15) is 30.5 Å². The van der Waals surface area contributed by atoms with E-state index >= 15 is 0 Å². The largest absolute Gasteiger partial charge is 0.490 e. The molecule has 9 heteroatoms. The highest BCUT2D eigenvalue weighted by Gasteiger charge is 2.36. The van der Waals surface area contributed by atoms with E-state index in [1.807, 2.05) is 45.9 Å². The van der Waals surface area contributed by atoms with Gasteiger partial charge in [-0.2, -0.15) is 0 Å². The van der Waals surface area contributed by atoms with Crippen LogP contribution in [0.2, 0.25) is 5.02 Å². The Labute approximate surface area is 202 Å². The van der Waals surface area contributed by atoms with Gasteiger partial charge in [-0.3, -0.25) is 19.3 Å². The molecule has 1 heterocycles. The number of hydrogen-bond donors (Lipinski definition) is 1. The van der Waals surface area contributed by atoms with Crippen LogP contribution in [0.4, 0.5) is 10.5 Å². The second-order valence-corrected chi connectivity index (χ2v) is 8.79. The maximum absolute atomic E-state index is 12.8. The van der Waals surface area contributed by atoms with Gasteiger partial charge < -0.3 is 14.8 Å². The smallest absolute Gasteiger partial charge is 0.294 e. The number of carbonyl (C=O) groups excluding carboxylic acids is 3. The Hall–Kier alpha value is -2.97. The standard InChI is InChI=1S/C24H25ClN2O5S/c1-5-31-19-11-16(10-18(25)22(19)32-6-2)12-20-23(29)27(24(30)33-20)13-21(28)26-17-8-14(3)7-15(4)9-17/h7-12H,5-6,13H2,1-4H3,(H,26,28)/b20-12+. The van der Waals surface area contributed by atoms with E-state index in [-0.39, 0.29) is 11.4 Å². The van der Waals surface area contributed by atoms with Crippen LogP contribution in [0.15, 0.2) is 35.2 Å². The Kier molecular flexibility index (Phi) is 8.05. The van der Waals surface area contributed by atoms with Gasteiger partial charge in [-0.15, -0.1) is 0 Å². The Balaban J connectivity index is 1.77. The molecule has 0 unspecified atom stereocenters. The van der Waals surface area contributed by atoms with Crippen LogP contribution in [-0.4, -0.2) is 41.7 Å². The van der Waals surface area contributed by atoms with Crippen molar-refractivity contribution < 1.29 is 23.9 Å². The highest BCUT2D eigenvalue weighted by Crippen LogP contribution is 2.39. The summed E-state index contributed by atoms with van der Waals surface area (Å²) < 4.78 is 11.2. The minimum atomic E-state index is -0.538. The van der Waals surface area contributed by atoms with E-state index in [2.05, 4.69) is 5.32 Å². The number of aryl methyl sites for hydroxylation is 2. The summed E-state index contributed by atoms with van der Waals surface area (Å²) in [5, 5.41) is 2.57. The fourth-order valence-electron chi connectivity index (χ4n) is 3.40. The van der Waals surface area contributed by atoms with Crippen molar-refractivity contribution in [3.8, 4) is 11.5 Å². The van der Waals surface area contributed by atoms with Crippen LogP contribution >= 0.6 is 23.4 Å². The fraction of sp³-hybridized carbons (Fsp3) is 0.292. The Morgan fingerprint density at radius 2 is 1.73 bits per heavy atom. The van der Waals surface area contributed by atoms with E-state index in [4.69, 9.17) is 21.1 Å². The summed E-state index contributed by atoms with van der Waals surface area (Å²) in [5.41, 5.74) is 3.20. The Bertz CT molecular complexity index is 1110. The zero-order valence-electron chi connectivity index (χ0n) is 18.9. The molecule has 2 aromatic rings. The molecule has 1 N–H and O–H groups in total. The number of carbonyl (C=O) groups is 3. The van der Waals surface area contributed by atoms with Gasteiger partial charge in [0.2, 0.25) is 5.91 Å². The molecule has 0 spiro atoms. The molecule has 33 heavy (non-hydrogen) atoms. The number of thioether (sulfide) groups is 1. The van der Waals surface area contributed by atoms with Gasteiger partial charge in [0.15, 0.2) is 11.5 Å². The van der Waals surface area contributed by atoms with E-state index in [1.54, 1.807) is 18.2 Å². The van der Waals surface area contributed by atoms with Gasteiger partial charge in [-0.25, -0.2) is 0 Å². The third-order valence-electron chi connectivity index (χ3n) is 4.60. The van der Waals surface area contributed by atoms with Gasteiger partial charge in [-0.05, 0) is 86.5 Å². The number of ether oxygens (including phenoxy) is 2. The second kappa shape index (κ2) is 10.8. The number of nitrogens with one attached hydrogen (secondary N) is 1. The van der Waals surface area contributed by atoms with Crippen molar-refractivity contribution in [3.05, 3.63) is 56.9 Å². The summed E-state index contributed by atoms with van der Waals surface area (Å²) in [4.78, 5) is 38.9. The normalized spacial score (nSPS) is 14.7. The number of amides is 3. The van der Waals surface area contributed by atoms with Crippen LogP contribution < -0.4 is 14.8 Å². The monoisotopic (exact) mass is 488 g/mol. The summed E-state index contributed by atoms with van der Waals surface area (Å²) in [7, 11) is 0. The third kappa shape index (κ3) is 6.09. The highest BCUT2D eigenvalue weighted by molar-refractivity contribution is 8.18. The van der Waals surface area contributed by atoms with Gasteiger partial charge in [-0.1, -0.05) is 17.7 Å². The number of hydrogen-bond acceptors (Lipinski definition) is 6. The first-order valence-electron chi connectivity index (χ1n) is 10.4. The molecular weight excluding hydrogens is 464 g/mol. The molecule has 1 aliphatic heterocycles. The predicted molar refractivity (Wildman–Crippen MR) is 131 cm³/mol. The third-order valence-corrected chi connectivity index (χ3v) is 5.79. The summed E-state index contributed by atoms with van der Waals surface area (Å²) >= 11 is 7.11. The Morgan fingerprint density at radius 3 is 2.36 bits per heavy atom. The Morgan fingerprint density at radius 1 is 1.06 bits per heavy atom. The lowest BCUT2D eigenvalue weighted by molar-refractivity contribution is -0.127. The minimum absolute atomic E-state index is 0.196. The van der Waals surface area contributed by atoms with Crippen molar-refractivity contribution in [3.63, 3.8) is 0 Å². The molecule has 174 valence electrons. The van der Waals surface area contributed by atoms with Gasteiger partial charge in [0.1, 0.15) is 6.54 Å². The molecule has 7 nitrogen and oxygen atoms in total. The number of rotatable bonds is 8. The molecule has 0 bridgehead atoms. The predicted octanol–water partition coefficient (Wildman–Crippen LogP) is 5.43. The number of anilines is 1. The molecule has 0 atom stereocenters. The number of benzene rings is 2. The van der Waals surface area contributed by atoms with E-state index in [1.165, 1.54) is 0 Å². The van der Waals surface area contributed by atoms with Gasteiger partial charge in [0.25, 0.3) is 11.1 Å². The van der Waals surface area contributed by atoms with Crippen molar-refractivity contribution in [2.45, 2.75) is 27.7 Å². The molecule has 0 aromatic heterocycles. The maximum Gasteiger partial charge on any atom is 0.294 e. The van der Waals surface area contributed by atoms with E-state index in [0.717, 1.165) is 27.8 Å². The van der Waals surface area contributed by atoms with Gasteiger partial charge >= 0.3 is 0 Å². The van der Waals surface area contributed by atoms with Crippen LogP contribution in [0.3, 0.4) is 0 Å². The summed E-state index contributed by atoms with van der Waals surface area (Å²) in [6.07, 6.45) is 1.55. The molecule has 2 aromatic carbocycles. The van der Waals surface area contributed by atoms with Crippen LogP contribution in [-0.2, 0) is 9.59 Å².